The van der Waals surface area contributed by atoms with Crippen molar-refractivity contribution in [2.75, 3.05) is 4.90 Å². The number of carbonyl (C=O) groups is 1. The summed E-state index contributed by atoms with van der Waals surface area (Å²) in [5.41, 5.74) is 4.98. The lowest BCUT2D eigenvalue weighted by molar-refractivity contribution is 0.0985. The molecule has 0 N–H and O–H groups in total. The van der Waals surface area contributed by atoms with Crippen LogP contribution in [0.3, 0.4) is 0 Å². The van der Waals surface area contributed by atoms with Gasteiger partial charge in [-0.2, -0.15) is 0 Å². The van der Waals surface area contributed by atoms with Gasteiger partial charge in [0.05, 0.1) is 6.54 Å². The van der Waals surface area contributed by atoms with Crippen LogP contribution in [0.4, 0.5) is 5.69 Å². The Kier molecular flexibility index (Phi) is 5.03. The van der Waals surface area contributed by atoms with E-state index in [2.05, 4.69) is 4.98 Å². The molecule has 4 heteroatoms. The Balaban J connectivity index is 1.49. The van der Waals surface area contributed by atoms with Gasteiger partial charge in [0.25, 0.3) is 5.91 Å². The van der Waals surface area contributed by atoms with Gasteiger partial charge in [-0.05, 0) is 54.1 Å². The van der Waals surface area contributed by atoms with Crippen LogP contribution in [0.25, 0.3) is 22.6 Å². The van der Waals surface area contributed by atoms with Gasteiger partial charge in [-0.3, -0.25) is 4.79 Å². The average Bonchev–Trinajstić information content (AvgIpc) is 3.28. The molecule has 0 spiro atoms. The van der Waals surface area contributed by atoms with Crippen molar-refractivity contribution in [2.45, 2.75) is 6.54 Å². The minimum absolute atomic E-state index is 0.0425. The molecule has 0 unspecified atom stereocenters. The number of hydrogen-bond donors (Lipinski definition) is 0. The van der Waals surface area contributed by atoms with E-state index in [9.17, 15) is 4.79 Å². The number of nitrogens with zero attached hydrogens (tertiary/aromatic N) is 2. The molecule has 1 heterocycles. The molecular formula is C27H20N2O2. The quantitative estimate of drug-likeness (QED) is 0.343. The second-order valence-electron chi connectivity index (χ2n) is 7.28. The normalized spacial score (nSPS) is 10.8. The summed E-state index contributed by atoms with van der Waals surface area (Å²) < 4.78 is 5.88. The molecule has 5 rings (SSSR count). The molecule has 0 saturated carbocycles. The van der Waals surface area contributed by atoms with Crippen LogP contribution in [0.1, 0.15) is 15.9 Å². The molecule has 0 atom stereocenters. The van der Waals surface area contributed by atoms with E-state index in [1.807, 2.05) is 109 Å². The number of anilines is 1. The van der Waals surface area contributed by atoms with Crippen molar-refractivity contribution in [3.05, 3.63) is 120 Å². The lowest BCUT2D eigenvalue weighted by Crippen LogP contribution is -2.30. The number of rotatable bonds is 5. The maximum atomic E-state index is 13.3. The molecule has 150 valence electrons. The summed E-state index contributed by atoms with van der Waals surface area (Å²) in [5.74, 6) is 0.524. The maximum absolute atomic E-state index is 13.3. The fourth-order valence-corrected chi connectivity index (χ4v) is 3.56. The first-order chi connectivity index (χ1) is 15.3. The van der Waals surface area contributed by atoms with Crippen molar-refractivity contribution in [1.82, 2.24) is 4.98 Å². The van der Waals surface area contributed by atoms with Crippen LogP contribution >= 0.6 is 0 Å². The summed E-state index contributed by atoms with van der Waals surface area (Å²) in [5, 5.41) is 0. The Bertz CT molecular complexity index is 1280. The van der Waals surface area contributed by atoms with E-state index in [1.54, 1.807) is 4.90 Å². The number of amides is 1. The third-order valence-electron chi connectivity index (χ3n) is 5.17. The fourth-order valence-electron chi connectivity index (χ4n) is 3.56. The van der Waals surface area contributed by atoms with Gasteiger partial charge in [-0.25, -0.2) is 4.98 Å². The molecule has 1 aromatic heterocycles. The van der Waals surface area contributed by atoms with Crippen molar-refractivity contribution < 1.29 is 9.21 Å². The number of carbonyl (C=O) groups excluding carboxylic acids is 1. The van der Waals surface area contributed by atoms with Gasteiger partial charge in [-0.1, -0.05) is 60.7 Å². The first kappa shape index (κ1) is 18.8. The van der Waals surface area contributed by atoms with Crippen LogP contribution in [0.5, 0.6) is 0 Å². The highest BCUT2D eigenvalue weighted by atomic mass is 16.3. The number of hydrogen-bond acceptors (Lipinski definition) is 3. The molecular weight excluding hydrogens is 384 g/mol. The smallest absolute Gasteiger partial charge is 0.258 e. The van der Waals surface area contributed by atoms with Crippen molar-refractivity contribution in [3.8, 4) is 11.5 Å². The van der Waals surface area contributed by atoms with Crippen LogP contribution in [0.15, 0.2) is 114 Å². The number of fused-ring (bicyclic) bond motifs is 1. The van der Waals surface area contributed by atoms with Gasteiger partial charge < -0.3 is 9.32 Å². The molecule has 0 fully saturated rings. The summed E-state index contributed by atoms with van der Waals surface area (Å²) in [6, 6.07) is 34.8. The van der Waals surface area contributed by atoms with Crippen molar-refractivity contribution >= 4 is 22.7 Å². The largest absolute Gasteiger partial charge is 0.436 e. The first-order valence-electron chi connectivity index (χ1n) is 10.1. The second kappa shape index (κ2) is 8.28. The minimum atomic E-state index is -0.0425. The molecule has 0 aliphatic carbocycles. The Morgan fingerprint density at radius 3 is 2.10 bits per heavy atom. The summed E-state index contributed by atoms with van der Waals surface area (Å²) in [6.07, 6.45) is 0. The van der Waals surface area contributed by atoms with Gasteiger partial charge in [0.1, 0.15) is 5.52 Å². The van der Waals surface area contributed by atoms with Crippen LogP contribution in [-0.2, 0) is 6.54 Å². The maximum Gasteiger partial charge on any atom is 0.258 e. The predicted octanol–water partition coefficient (Wildman–Crippen LogP) is 6.34. The summed E-state index contributed by atoms with van der Waals surface area (Å²) in [7, 11) is 0. The number of benzene rings is 4. The minimum Gasteiger partial charge on any atom is -0.436 e. The van der Waals surface area contributed by atoms with E-state index in [-0.39, 0.29) is 5.91 Å². The van der Waals surface area contributed by atoms with E-state index in [1.165, 1.54) is 0 Å². The lowest BCUT2D eigenvalue weighted by Gasteiger charge is -2.23. The molecule has 4 nitrogen and oxygen atoms in total. The topological polar surface area (TPSA) is 46.3 Å². The Morgan fingerprint density at radius 2 is 1.39 bits per heavy atom. The SMILES string of the molecule is O=C(c1ccccc1)N(Cc1ccccc1)c1ccc(-c2nc3ccccc3o2)cc1. The Morgan fingerprint density at radius 1 is 0.742 bits per heavy atom. The van der Waals surface area contributed by atoms with Gasteiger partial charge in [0, 0.05) is 16.8 Å². The molecule has 31 heavy (non-hydrogen) atoms. The highest BCUT2D eigenvalue weighted by molar-refractivity contribution is 6.06. The van der Waals surface area contributed by atoms with Crippen LogP contribution in [-0.4, -0.2) is 10.9 Å². The van der Waals surface area contributed by atoms with Crippen molar-refractivity contribution in [1.29, 1.82) is 0 Å². The number of oxazole rings is 1. The Labute approximate surface area is 180 Å². The zero-order chi connectivity index (χ0) is 21.0. The summed E-state index contributed by atoms with van der Waals surface area (Å²) in [4.78, 5) is 19.7. The molecule has 4 aromatic carbocycles. The lowest BCUT2D eigenvalue weighted by atomic mass is 10.1. The van der Waals surface area contributed by atoms with Crippen LogP contribution < -0.4 is 4.90 Å². The fraction of sp³-hybridized carbons (Fsp3) is 0.0370. The number of aromatic nitrogens is 1. The molecule has 0 saturated heterocycles. The number of para-hydroxylation sites is 2. The molecule has 0 aliphatic heterocycles. The van der Waals surface area contributed by atoms with E-state index < -0.39 is 0 Å². The van der Waals surface area contributed by atoms with E-state index in [4.69, 9.17) is 4.42 Å². The van der Waals surface area contributed by atoms with E-state index >= 15 is 0 Å². The third-order valence-corrected chi connectivity index (χ3v) is 5.17. The molecule has 5 aromatic rings. The molecule has 0 aliphatic rings. The second-order valence-corrected chi connectivity index (χ2v) is 7.28. The highest BCUT2D eigenvalue weighted by Crippen LogP contribution is 2.27. The average molecular weight is 404 g/mol. The van der Waals surface area contributed by atoms with Gasteiger partial charge in [0.15, 0.2) is 5.58 Å². The van der Waals surface area contributed by atoms with Gasteiger partial charge >= 0.3 is 0 Å². The Hall–Kier alpha value is -4.18. The zero-order valence-corrected chi connectivity index (χ0v) is 16.8. The molecule has 0 radical (unpaired) electrons. The van der Waals surface area contributed by atoms with Crippen molar-refractivity contribution in [3.63, 3.8) is 0 Å². The van der Waals surface area contributed by atoms with Gasteiger partial charge in [-0.15, -0.1) is 0 Å². The summed E-state index contributed by atoms with van der Waals surface area (Å²) >= 11 is 0. The van der Waals surface area contributed by atoms with Crippen LogP contribution in [0.2, 0.25) is 0 Å². The monoisotopic (exact) mass is 404 g/mol. The van der Waals surface area contributed by atoms with E-state index in [0.29, 0.717) is 18.0 Å². The summed E-state index contributed by atoms with van der Waals surface area (Å²) in [6.45, 7) is 0.483. The molecule has 1 amide bonds. The standard InChI is InChI=1S/C27H20N2O2/c30-27(22-11-5-2-6-12-22)29(19-20-9-3-1-4-10-20)23-17-15-21(16-18-23)26-28-24-13-7-8-14-25(24)31-26/h1-18H,19H2. The highest BCUT2D eigenvalue weighted by Gasteiger charge is 2.18. The third kappa shape index (κ3) is 3.96. The predicted molar refractivity (Wildman–Crippen MR) is 123 cm³/mol. The zero-order valence-electron chi connectivity index (χ0n) is 16.8. The molecule has 0 bridgehead atoms. The van der Waals surface area contributed by atoms with Crippen molar-refractivity contribution in [2.24, 2.45) is 0 Å². The van der Waals surface area contributed by atoms with Gasteiger partial charge in [0.2, 0.25) is 5.89 Å². The van der Waals surface area contributed by atoms with E-state index in [0.717, 1.165) is 27.9 Å². The van der Waals surface area contributed by atoms with Crippen LogP contribution in [0, 0.1) is 0 Å². The first-order valence-corrected chi connectivity index (χ1v) is 10.1.